The first-order chi connectivity index (χ1) is 17.5. The molecule has 0 heterocycles. The molecule has 0 aliphatic heterocycles. The van der Waals surface area contributed by atoms with Gasteiger partial charge in [0.05, 0.1) is 12.7 Å². The van der Waals surface area contributed by atoms with E-state index in [1.54, 1.807) is 0 Å². The monoisotopic (exact) mass is 545 g/mol. The van der Waals surface area contributed by atoms with Crippen LogP contribution in [0.5, 0.6) is 0 Å². The lowest BCUT2D eigenvalue weighted by atomic mass is 10.0. The Kier molecular flexibility index (Phi) is 14.5. The van der Waals surface area contributed by atoms with Crippen molar-refractivity contribution in [2.24, 2.45) is 11.5 Å². The lowest BCUT2D eigenvalue weighted by Crippen LogP contribution is -2.59. The molecule has 0 aromatic heterocycles. The molecule has 6 atom stereocenters. The number of hydrogen-bond donors (Lipinski definition) is 8. The highest BCUT2D eigenvalue weighted by atomic mass is 16.4. The Morgan fingerprint density at radius 1 is 0.763 bits per heavy atom. The summed E-state index contributed by atoms with van der Waals surface area (Å²) in [5.41, 5.74) is 11.4. The van der Waals surface area contributed by atoms with Crippen LogP contribution in [0.4, 0.5) is 0 Å². The van der Waals surface area contributed by atoms with Crippen molar-refractivity contribution >= 4 is 41.5 Å². The van der Waals surface area contributed by atoms with Crippen LogP contribution in [0.3, 0.4) is 0 Å². The van der Waals surface area contributed by atoms with Gasteiger partial charge in [-0.3, -0.25) is 28.8 Å². The van der Waals surface area contributed by atoms with Gasteiger partial charge in [0.25, 0.3) is 0 Å². The topological polar surface area (TPSA) is 263 Å². The van der Waals surface area contributed by atoms with Gasteiger partial charge in [0.15, 0.2) is 0 Å². The highest BCUT2D eigenvalue weighted by Crippen LogP contribution is 2.13. The van der Waals surface area contributed by atoms with E-state index in [0.717, 1.165) is 4.90 Å². The van der Waals surface area contributed by atoms with Crippen molar-refractivity contribution in [1.29, 1.82) is 0 Å². The number of carboxylic acids is 2. The quantitative estimate of drug-likeness (QED) is 0.0895. The van der Waals surface area contributed by atoms with E-state index in [4.69, 9.17) is 16.6 Å². The molecule has 0 saturated carbocycles. The first-order valence-electron chi connectivity index (χ1n) is 11.9. The van der Waals surface area contributed by atoms with Gasteiger partial charge in [0, 0.05) is 6.92 Å². The largest absolute Gasteiger partial charge is 0.480 e. The second-order valence-electron chi connectivity index (χ2n) is 8.80. The molecule has 0 aliphatic rings. The van der Waals surface area contributed by atoms with Crippen LogP contribution in [0.2, 0.25) is 0 Å². The SMILES string of the molecule is CC(=O)N[C@@H](CCCC(N)N(C(=O)[C@@H](C)NC(=O)CN)[C@H](C)C(=O)O)C(=O)N[C@H](C)C(=O)N[C@H](C)C(=O)O. The molecule has 5 amide bonds. The molecule has 0 aromatic rings. The third kappa shape index (κ3) is 11.5. The van der Waals surface area contributed by atoms with Gasteiger partial charge in [0.2, 0.25) is 29.5 Å². The number of hydrogen-bond acceptors (Lipinski definition) is 9. The lowest BCUT2D eigenvalue weighted by molar-refractivity contribution is -0.152. The summed E-state index contributed by atoms with van der Waals surface area (Å²) in [6.45, 7) is 6.01. The van der Waals surface area contributed by atoms with Crippen LogP contribution < -0.4 is 32.7 Å². The standard InChI is InChI=1S/C22H39N7O9/c1-10(18(32)27-12(3)21(35)36)26-19(33)15(28-14(5)30)7-6-8-16(24)29(13(4)22(37)38)20(34)11(2)25-17(31)9-23/h10-13,15-16H,6-9,23-24H2,1-5H3,(H,25,31)(H,26,33)(H,27,32)(H,28,30)(H,35,36)(H,37,38)/t10-,11-,12-,13-,15+,16?/m1/s1. The zero-order chi connectivity index (χ0) is 29.7. The molecule has 10 N–H and O–H groups in total. The maximum atomic E-state index is 12.9. The van der Waals surface area contributed by atoms with Gasteiger partial charge in [-0.2, -0.15) is 0 Å². The smallest absolute Gasteiger partial charge is 0.326 e. The molecule has 0 saturated heterocycles. The molecule has 0 bridgehead atoms. The van der Waals surface area contributed by atoms with Gasteiger partial charge in [0.1, 0.15) is 30.2 Å². The minimum Gasteiger partial charge on any atom is -0.480 e. The Bertz CT molecular complexity index is 898. The molecule has 216 valence electrons. The third-order valence-electron chi connectivity index (χ3n) is 5.49. The lowest BCUT2D eigenvalue weighted by Gasteiger charge is -2.34. The van der Waals surface area contributed by atoms with E-state index >= 15 is 0 Å². The van der Waals surface area contributed by atoms with E-state index in [9.17, 15) is 38.7 Å². The van der Waals surface area contributed by atoms with Crippen LogP contribution in [0.25, 0.3) is 0 Å². The number of rotatable bonds is 16. The first-order valence-corrected chi connectivity index (χ1v) is 11.9. The molecule has 0 rings (SSSR count). The minimum absolute atomic E-state index is 0.0158. The number of carbonyl (C=O) groups is 7. The first kappa shape index (κ1) is 34.2. The van der Waals surface area contributed by atoms with Gasteiger partial charge < -0.3 is 47.8 Å². The Balaban J connectivity index is 5.36. The minimum atomic E-state index is -1.34. The predicted octanol–water partition coefficient (Wildman–Crippen LogP) is -3.19. The molecule has 1 unspecified atom stereocenters. The summed E-state index contributed by atoms with van der Waals surface area (Å²) in [6.07, 6.45) is -0.928. The van der Waals surface area contributed by atoms with Crippen molar-refractivity contribution in [3.8, 4) is 0 Å². The Morgan fingerprint density at radius 3 is 1.79 bits per heavy atom. The predicted molar refractivity (Wildman–Crippen MR) is 133 cm³/mol. The molecule has 38 heavy (non-hydrogen) atoms. The van der Waals surface area contributed by atoms with E-state index in [1.807, 2.05) is 0 Å². The molecule has 0 aliphatic carbocycles. The molecular weight excluding hydrogens is 506 g/mol. The maximum Gasteiger partial charge on any atom is 0.326 e. The van der Waals surface area contributed by atoms with Crippen molar-refractivity contribution in [1.82, 2.24) is 26.2 Å². The molecule has 0 spiro atoms. The molecule has 0 radical (unpaired) electrons. The zero-order valence-corrected chi connectivity index (χ0v) is 22.1. The fourth-order valence-corrected chi connectivity index (χ4v) is 3.31. The average molecular weight is 546 g/mol. The van der Waals surface area contributed by atoms with Crippen molar-refractivity contribution in [2.45, 2.75) is 90.3 Å². The van der Waals surface area contributed by atoms with E-state index in [-0.39, 0.29) is 25.8 Å². The van der Waals surface area contributed by atoms with Gasteiger partial charge in [-0.25, -0.2) is 4.79 Å². The summed E-state index contributed by atoms with van der Waals surface area (Å²) < 4.78 is 0. The van der Waals surface area contributed by atoms with Gasteiger partial charge in [-0.15, -0.1) is 0 Å². The van der Waals surface area contributed by atoms with Crippen molar-refractivity contribution in [2.75, 3.05) is 6.54 Å². The fraction of sp³-hybridized carbons (Fsp3) is 0.682. The van der Waals surface area contributed by atoms with Crippen LogP contribution in [-0.4, -0.2) is 99.5 Å². The van der Waals surface area contributed by atoms with Crippen LogP contribution >= 0.6 is 0 Å². The molecular formula is C22H39N7O9. The van der Waals surface area contributed by atoms with Gasteiger partial charge >= 0.3 is 11.9 Å². The summed E-state index contributed by atoms with van der Waals surface area (Å²) in [6, 6.07) is -5.84. The van der Waals surface area contributed by atoms with Crippen molar-refractivity contribution in [3.63, 3.8) is 0 Å². The van der Waals surface area contributed by atoms with Crippen molar-refractivity contribution < 1.29 is 43.8 Å². The van der Waals surface area contributed by atoms with Crippen molar-refractivity contribution in [3.05, 3.63) is 0 Å². The fourth-order valence-electron chi connectivity index (χ4n) is 3.31. The van der Waals surface area contributed by atoms with E-state index in [0.29, 0.717) is 0 Å². The summed E-state index contributed by atoms with van der Waals surface area (Å²) in [7, 11) is 0. The van der Waals surface area contributed by atoms with E-state index in [2.05, 4.69) is 21.3 Å². The number of aliphatic carboxylic acids is 2. The van der Waals surface area contributed by atoms with Crippen LogP contribution in [-0.2, 0) is 33.6 Å². The number of nitrogens with two attached hydrogens (primary N) is 2. The molecule has 0 fully saturated rings. The Morgan fingerprint density at radius 2 is 1.32 bits per heavy atom. The Labute approximate surface area is 220 Å². The summed E-state index contributed by atoms with van der Waals surface area (Å²) in [5, 5.41) is 27.7. The summed E-state index contributed by atoms with van der Waals surface area (Å²) in [5.74, 6) is -5.95. The van der Waals surface area contributed by atoms with Gasteiger partial charge in [-0.05, 0) is 47.0 Å². The number of amides is 5. The average Bonchev–Trinajstić information content (AvgIpc) is 2.82. The number of nitrogens with zero attached hydrogens (tertiary/aromatic N) is 1. The van der Waals surface area contributed by atoms with E-state index in [1.165, 1.54) is 34.6 Å². The molecule has 16 nitrogen and oxygen atoms in total. The Hall–Kier alpha value is -3.79. The number of carbonyl (C=O) groups excluding carboxylic acids is 5. The highest BCUT2D eigenvalue weighted by molar-refractivity contribution is 5.93. The van der Waals surface area contributed by atoms with Gasteiger partial charge in [-0.1, -0.05) is 0 Å². The second-order valence-corrected chi connectivity index (χ2v) is 8.80. The van der Waals surface area contributed by atoms with E-state index < -0.39 is 77.8 Å². The normalized spacial score (nSPS) is 15.4. The summed E-state index contributed by atoms with van der Waals surface area (Å²) >= 11 is 0. The van der Waals surface area contributed by atoms with Crippen LogP contribution in [0, 0.1) is 0 Å². The molecule has 16 heteroatoms. The third-order valence-corrected chi connectivity index (χ3v) is 5.49. The molecule has 0 aromatic carbocycles. The zero-order valence-electron chi connectivity index (χ0n) is 22.1. The summed E-state index contributed by atoms with van der Waals surface area (Å²) in [4.78, 5) is 84.3. The van der Waals surface area contributed by atoms with Crippen LogP contribution in [0.1, 0.15) is 53.9 Å². The number of nitrogens with one attached hydrogen (secondary N) is 4. The second kappa shape index (κ2) is 16.1. The maximum absolute atomic E-state index is 12.9. The number of carboxylic acid groups (broad SMARTS) is 2. The highest BCUT2D eigenvalue weighted by Gasteiger charge is 2.34. The van der Waals surface area contributed by atoms with Crippen LogP contribution in [0.15, 0.2) is 0 Å².